The number of pyridine rings is 1. The van der Waals surface area contributed by atoms with E-state index in [1.807, 2.05) is 6.20 Å². The van der Waals surface area contributed by atoms with E-state index in [0.29, 0.717) is 6.67 Å². The van der Waals surface area contributed by atoms with Gasteiger partial charge in [0.1, 0.15) is 12.5 Å². The van der Waals surface area contributed by atoms with Crippen LogP contribution in [0.1, 0.15) is 52.7 Å². The second kappa shape index (κ2) is 22.8. The molecule has 12 aromatic rings. The van der Waals surface area contributed by atoms with E-state index < -0.39 is 0 Å². The van der Waals surface area contributed by atoms with Gasteiger partial charge in [-0.3, -0.25) is 4.90 Å². The smallest absolute Gasteiger partial charge is 0.137 e. The molecule has 0 unspecified atom stereocenters. The molecule has 0 spiro atoms. The number of fused-ring (bicyclic) bond motifs is 1. The van der Waals surface area contributed by atoms with Gasteiger partial charge < -0.3 is 14.7 Å². The molecule has 0 saturated heterocycles. The van der Waals surface area contributed by atoms with E-state index in [9.17, 15) is 0 Å². The second-order valence-corrected chi connectivity index (χ2v) is 24.1. The summed E-state index contributed by atoms with van der Waals surface area (Å²) in [7, 11) is 0. The number of hydrogen-bond donors (Lipinski definition) is 0. The number of para-hydroxylation sites is 4. The summed E-state index contributed by atoms with van der Waals surface area (Å²) < 4.78 is 0. The van der Waals surface area contributed by atoms with Crippen molar-refractivity contribution in [1.82, 2.24) is 4.98 Å². The average molecular weight is 1100 g/mol. The Morgan fingerprint density at radius 1 is 0.306 bits per heavy atom. The molecule has 5 heteroatoms. The van der Waals surface area contributed by atoms with Gasteiger partial charge in [0.25, 0.3) is 0 Å². The van der Waals surface area contributed by atoms with Crippen molar-refractivity contribution in [2.24, 2.45) is 0 Å². The molecule has 414 valence electrons. The van der Waals surface area contributed by atoms with Crippen LogP contribution in [-0.4, -0.2) is 11.7 Å². The molecule has 5 nitrogen and oxygen atoms in total. The van der Waals surface area contributed by atoms with Crippen molar-refractivity contribution in [2.45, 2.75) is 52.4 Å². The molecule has 0 radical (unpaired) electrons. The van der Waals surface area contributed by atoms with Crippen LogP contribution in [0.25, 0.3) is 55.6 Å². The number of aromatic nitrogens is 1. The van der Waals surface area contributed by atoms with Gasteiger partial charge in [-0.1, -0.05) is 266 Å². The molecule has 1 aliphatic heterocycles. The highest BCUT2D eigenvalue weighted by molar-refractivity contribution is 6.01. The largest absolute Gasteiger partial charge is 0.321 e. The normalized spacial score (nSPS) is 12.3. The standard InChI is InChI=1S/C80H69N5/c1-79(2,3)62-48-49-68(57-28-12-7-13-29-57)75(52-62)83-56-82(73-46-22-23-47-74(73)83)64-38-24-39-65(54-64)84(77-69(58-30-14-8-15-31-58)42-26-43-70(77)59-32-16-9-17-33-59)66-40-25-41-67(55-66)85(76-53-63(50-51-81-76)80(4,5)6)78-71(60-34-18-10-19-35-60)44-27-45-72(78)61-36-20-11-21-37-61/h7-55H,56H2,1-6H3. The predicted molar refractivity (Wildman–Crippen MR) is 360 cm³/mol. The van der Waals surface area contributed by atoms with Crippen LogP contribution in [0.15, 0.2) is 297 Å². The first kappa shape index (κ1) is 54.0. The molecule has 1 aliphatic rings. The molecule has 0 fully saturated rings. The van der Waals surface area contributed by atoms with E-state index in [-0.39, 0.29) is 10.8 Å². The molecule has 85 heavy (non-hydrogen) atoms. The quantitative estimate of drug-likeness (QED) is 0.115. The van der Waals surface area contributed by atoms with E-state index in [1.165, 1.54) is 27.9 Å². The third-order valence-electron chi connectivity index (χ3n) is 16.4. The highest BCUT2D eigenvalue weighted by Gasteiger charge is 2.33. The lowest BCUT2D eigenvalue weighted by atomic mass is 9.85. The SMILES string of the molecule is CC(C)(C)c1ccnc(N(c2cccc(N(c3cccc(N4CN(c5cc(C(C)(C)C)ccc5-c5ccccc5)c5ccccc54)c3)c3c(-c4ccccc4)cccc3-c3ccccc3)c2)c2c(-c3ccccc3)cccc2-c2ccccc2)c1. The maximum Gasteiger partial charge on any atom is 0.137 e. The minimum atomic E-state index is -0.142. The number of rotatable bonds is 13. The molecule has 0 atom stereocenters. The summed E-state index contributed by atoms with van der Waals surface area (Å²) in [5.74, 6) is 0.828. The lowest BCUT2D eigenvalue weighted by Crippen LogP contribution is -2.25. The zero-order valence-electron chi connectivity index (χ0n) is 49.2. The molecule has 13 rings (SSSR count). The minimum Gasteiger partial charge on any atom is -0.321 e. The maximum absolute atomic E-state index is 5.32. The van der Waals surface area contributed by atoms with Crippen LogP contribution in [0.5, 0.6) is 0 Å². The highest BCUT2D eigenvalue weighted by Crippen LogP contribution is 2.53. The fourth-order valence-electron chi connectivity index (χ4n) is 12.1. The minimum absolute atomic E-state index is 0.0495. The zero-order chi connectivity index (χ0) is 58.1. The Hall–Kier alpha value is -10.2. The van der Waals surface area contributed by atoms with Crippen molar-refractivity contribution in [3.63, 3.8) is 0 Å². The Kier molecular flexibility index (Phi) is 14.5. The highest BCUT2D eigenvalue weighted by atomic mass is 15.4. The van der Waals surface area contributed by atoms with Crippen molar-refractivity contribution >= 4 is 57.0 Å². The summed E-state index contributed by atoms with van der Waals surface area (Å²) in [5, 5.41) is 0. The van der Waals surface area contributed by atoms with Crippen molar-refractivity contribution < 1.29 is 0 Å². The topological polar surface area (TPSA) is 25.9 Å². The maximum atomic E-state index is 5.32. The van der Waals surface area contributed by atoms with Crippen LogP contribution in [0.2, 0.25) is 0 Å². The average Bonchev–Trinajstić information content (AvgIpc) is 2.86. The van der Waals surface area contributed by atoms with Gasteiger partial charge in [-0.2, -0.15) is 0 Å². The molecule has 1 aromatic heterocycles. The number of anilines is 10. The van der Waals surface area contributed by atoms with E-state index in [2.05, 4.69) is 352 Å². The first-order valence-electron chi connectivity index (χ1n) is 29.5. The molecule has 2 heterocycles. The third kappa shape index (κ3) is 10.8. The van der Waals surface area contributed by atoms with Crippen LogP contribution in [0.3, 0.4) is 0 Å². The molecule has 0 saturated carbocycles. The van der Waals surface area contributed by atoms with E-state index in [1.54, 1.807) is 0 Å². The zero-order valence-corrected chi connectivity index (χ0v) is 49.2. The monoisotopic (exact) mass is 1100 g/mol. The number of benzene rings is 11. The van der Waals surface area contributed by atoms with Gasteiger partial charge in [-0.05, 0) is 117 Å². The molecule has 11 aromatic carbocycles. The Labute approximate surface area is 502 Å². The van der Waals surface area contributed by atoms with Crippen LogP contribution < -0.4 is 19.6 Å². The molecular weight excluding hydrogens is 1030 g/mol. The fraction of sp³-hybridized carbons (Fsp3) is 0.113. The third-order valence-corrected chi connectivity index (χ3v) is 16.4. The molecule has 0 bridgehead atoms. The second-order valence-electron chi connectivity index (χ2n) is 24.1. The van der Waals surface area contributed by atoms with Gasteiger partial charge in [-0.25, -0.2) is 4.98 Å². The Morgan fingerprint density at radius 2 is 0.694 bits per heavy atom. The fourth-order valence-corrected chi connectivity index (χ4v) is 12.1. The van der Waals surface area contributed by atoms with Gasteiger partial charge in [0.15, 0.2) is 0 Å². The van der Waals surface area contributed by atoms with E-state index in [4.69, 9.17) is 4.98 Å². The van der Waals surface area contributed by atoms with E-state index >= 15 is 0 Å². The molecule has 0 N–H and O–H groups in total. The number of hydrogen-bond acceptors (Lipinski definition) is 5. The lowest BCUT2D eigenvalue weighted by Gasteiger charge is -2.34. The van der Waals surface area contributed by atoms with Gasteiger partial charge in [0.2, 0.25) is 0 Å². The Morgan fingerprint density at radius 3 is 1.18 bits per heavy atom. The molecular formula is C80H69N5. The molecule has 0 aliphatic carbocycles. The van der Waals surface area contributed by atoms with Gasteiger partial charge in [-0.15, -0.1) is 0 Å². The van der Waals surface area contributed by atoms with Crippen LogP contribution in [-0.2, 0) is 10.8 Å². The summed E-state index contributed by atoms with van der Waals surface area (Å²) in [6, 6.07) is 106. The van der Waals surface area contributed by atoms with E-state index in [0.717, 1.165) is 95.8 Å². The van der Waals surface area contributed by atoms with Crippen molar-refractivity contribution in [3.8, 4) is 55.6 Å². The first-order chi connectivity index (χ1) is 41.5. The van der Waals surface area contributed by atoms with Crippen molar-refractivity contribution in [1.29, 1.82) is 0 Å². The summed E-state index contributed by atoms with van der Waals surface area (Å²) in [6.45, 7) is 14.3. The summed E-state index contributed by atoms with van der Waals surface area (Å²) in [6.07, 6.45) is 1.97. The summed E-state index contributed by atoms with van der Waals surface area (Å²) >= 11 is 0. The summed E-state index contributed by atoms with van der Waals surface area (Å²) in [4.78, 5) is 15.2. The Balaban J connectivity index is 1.05. The van der Waals surface area contributed by atoms with Crippen LogP contribution in [0, 0.1) is 0 Å². The molecule has 0 amide bonds. The van der Waals surface area contributed by atoms with Crippen LogP contribution in [0.4, 0.5) is 57.0 Å². The van der Waals surface area contributed by atoms with Crippen molar-refractivity contribution in [3.05, 3.63) is 309 Å². The van der Waals surface area contributed by atoms with Gasteiger partial charge in [0, 0.05) is 56.8 Å². The van der Waals surface area contributed by atoms with Crippen molar-refractivity contribution in [2.75, 3.05) is 26.3 Å². The predicted octanol–water partition coefficient (Wildman–Crippen LogP) is 22.2. The lowest BCUT2D eigenvalue weighted by molar-refractivity contribution is 0.589. The van der Waals surface area contributed by atoms with Crippen LogP contribution >= 0.6 is 0 Å². The first-order valence-corrected chi connectivity index (χ1v) is 29.5. The number of nitrogens with zero attached hydrogens (tertiary/aromatic N) is 5. The Bertz CT molecular complexity index is 4180. The van der Waals surface area contributed by atoms with Gasteiger partial charge in [0.05, 0.1) is 28.4 Å². The summed E-state index contributed by atoms with van der Waals surface area (Å²) in [5.41, 5.74) is 23.2. The van der Waals surface area contributed by atoms with Gasteiger partial charge >= 0.3 is 0 Å².